The van der Waals surface area contributed by atoms with Gasteiger partial charge in [0.25, 0.3) is 0 Å². The van der Waals surface area contributed by atoms with E-state index in [2.05, 4.69) is 0 Å². The van der Waals surface area contributed by atoms with Crippen LogP contribution in [0.15, 0.2) is 24.3 Å². The van der Waals surface area contributed by atoms with Gasteiger partial charge in [-0.2, -0.15) is 13.2 Å². The van der Waals surface area contributed by atoms with E-state index in [4.69, 9.17) is 4.74 Å². The molecule has 5 heteroatoms. The molecule has 0 amide bonds. The minimum atomic E-state index is -4.21. The van der Waals surface area contributed by atoms with Crippen LogP contribution in [0.4, 0.5) is 17.6 Å². The smallest absolute Gasteiger partial charge is 0.364 e. The average molecular weight is 220 g/mol. The molecule has 15 heavy (non-hydrogen) atoms. The molecule has 1 fully saturated rings. The SMILES string of the molecule is Fc1ccc([C@H]2O[C@@H]2CC(F)(F)F)cc1. The summed E-state index contributed by atoms with van der Waals surface area (Å²) in [5.41, 5.74) is 0.589. The first-order chi connectivity index (χ1) is 6.96. The van der Waals surface area contributed by atoms with Crippen molar-refractivity contribution in [3.8, 4) is 0 Å². The molecule has 0 aromatic heterocycles. The van der Waals surface area contributed by atoms with Gasteiger partial charge in [-0.1, -0.05) is 12.1 Å². The number of rotatable bonds is 2. The van der Waals surface area contributed by atoms with Crippen LogP contribution < -0.4 is 0 Å². The van der Waals surface area contributed by atoms with E-state index < -0.39 is 30.6 Å². The van der Waals surface area contributed by atoms with Crippen molar-refractivity contribution in [2.45, 2.75) is 24.8 Å². The van der Waals surface area contributed by atoms with E-state index in [-0.39, 0.29) is 0 Å². The Hall–Kier alpha value is -1.10. The normalized spacial score (nSPS) is 25.3. The Bertz CT molecular complexity index is 343. The summed E-state index contributed by atoms with van der Waals surface area (Å²) in [6, 6.07) is 5.30. The molecular weight excluding hydrogens is 212 g/mol. The van der Waals surface area contributed by atoms with E-state index in [1.165, 1.54) is 24.3 Å². The highest BCUT2D eigenvalue weighted by atomic mass is 19.4. The molecule has 2 atom stereocenters. The Morgan fingerprint density at radius 2 is 1.73 bits per heavy atom. The standard InChI is InChI=1S/C10H8F4O/c11-7-3-1-6(2-4-7)9-8(15-9)5-10(12,13)14/h1-4,8-9H,5H2/t8-,9-/m1/s1. The van der Waals surface area contributed by atoms with Crippen molar-refractivity contribution in [1.82, 2.24) is 0 Å². The minimum Gasteiger partial charge on any atom is -0.364 e. The maximum absolute atomic E-state index is 12.5. The van der Waals surface area contributed by atoms with Crippen LogP contribution in [0.1, 0.15) is 18.1 Å². The summed E-state index contributed by atoms with van der Waals surface area (Å²) >= 11 is 0. The van der Waals surface area contributed by atoms with Gasteiger partial charge in [0, 0.05) is 0 Å². The molecule has 0 saturated carbocycles. The quantitative estimate of drug-likeness (QED) is 0.550. The Balaban J connectivity index is 1.96. The summed E-state index contributed by atoms with van der Waals surface area (Å²) in [4.78, 5) is 0. The monoisotopic (exact) mass is 220 g/mol. The lowest BCUT2D eigenvalue weighted by molar-refractivity contribution is -0.137. The van der Waals surface area contributed by atoms with Crippen LogP contribution >= 0.6 is 0 Å². The second-order valence-corrected chi connectivity index (χ2v) is 3.47. The summed E-state index contributed by atoms with van der Waals surface area (Å²) < 4.78 is 53.3. The first-order valence-electron chi connectivity index (χ1n) is 4.43. The number of hydrogen-bond donors (Lipinski definition) is 0. The molecule has 1 aliphatic rings. The lowest BCUT2D eigenvalue weighted by Gasteiger charge is -2.02. The Labute approximate surface area is 83.7 Å². The van der Waals surface area contributed by atoms with E-state index in [0.717, 1.165) is 0 Å². The first-order valence-corrected chi connectivity index (χ1v) is 4.43. The summed E-state index contributed by atoms with van der Waals surface area (Å²) in [5, 5.41) is 0. The van der Waals surface area contributed by atoms with Gasteiger partial charge < -0.3 is 4.74 Å². The molecule has 2 rings (SSSR count). The fourth-order valence-electron chi connectivity index (χ4n) is 1.47. The van der Waals surface area contributed by atoms with E-state index in [0.29, 0.717) is 5.56 Å². The molecule has 1 aliphatic heterocycles. The molecule has 1 nitrogen and oxygen atoms in total. The van der Waals surface area contributed by atoms with Gasteiger partial charge >= 0.3 is 6.18 Å². The minimum absolute atomic E-state index is 0.410. The number of alkyl halides is 3. The fourth-order valence-corrected chi connectivity index (χ4v) is 1.47. The van der Waals surface area contributed by atoms with Crippen molar-refractivity contribution >= 4 is 0 Å². The predicted octanol–water partition coefficient (Wildman–Crippen LogP) is 3.22. The number of halogens is 4. The van der Waals surface area contributed by atoms with Crippen LogP contribution in [0, 0.1) is 5.82 Å². The van der Waals surface area contributed by atoms with E-state index in [1.807, 2.05) is 0 Å². The van der Waals surface area contributed by atoms with Crippen molar-refractivity contribution in [2.75, 3.05) is 0 Å². The molecule has 1 saturated heterocycles. The van der Waals surface area contributed by atoms with Crippen LogP contribution in [0.25, 0.3) is 0 Å². The van der Waals surface area contributed by atoms with Crippen molar-refractivity contribution in [2.24, 2.45) is 0 Å². The van der Waals surface area contributed by atoms with Gasteiger partial charge in [-0.25, -0.2) is 4.39 Å². The Kier molecular flexibility index (Phi) is 2.42. The second kappa shape index (κ2) is 3.48. The highest BCUT2D eigenvalue weighted by Crippen LogP contribution is 2.44. The molecule has 0 radical (unpaired) electrons. The van der Waals surface area contributed by atoms with Gasteiger partial charge in [-0.15, -0.1) is 0 Å². The van der Waals surface area contributed by atoms with Gasteiger partial charge in [-0.05, 0) is 17.7 Å². The van der Waals surface area contributed by atoms with Crippen LogP contribution in [-0.2, 0) is 4.74 Å². The molecule has 1 aromatic carbocycles. The topological polar surface area (TPSA) is 12.5 Å². The number of epoxide rings is 1. The second-order valence-electron chi connectivity index (χ2n) is 3.47. The maximum atomic E-state index is 12.5. The third kappa shape index (κ3) is 2.68. The zero-order chi connectivity index (χ0) is 11.1. The zero-order valence-corrected chi connectivity index (χ0v) is 7.59. The summed E-state index contributed by atoms with van der Waals surface area (Å²) in [7, 11) is 0. The van der Waals surface area contributed by atoms with Gasteiger partial charge in [-0.3, -0.25) is 0 Å². The van der Waals surface area contributed by atoms with Gasteiger partial charge in [0.2, 0.25) is 0 Å². The zero-order valence-electron chi connectivity index (χ0n) is 7.59. The van der Waals surface area contributed by atoms with E-state index in [1.54, 1.807) is 0 Å². The third-order valence-electron chi connectivity index (χ3n) is 2.21. The largest absolute Gasteiger partial charge is 0.391 e. The Morgan fingerprint density at radius 3 is 2.27 bits per heavy atom. The van der Waals surface area contributed by atoms with Crippen LogP contribution in [0.2, 0.25) is 0 Å². The summed E-state index contributed by atoms with van der Waals surface area (Å²) in [6.45, 7) is 0. The predicted molar refractivity (Wildman–Crippen MR) is 44.7 cm³/mol. The van der Waals surface area contributed by atoms with Gasteiger partial charge in [0.1, 0.15) is 11.9 Å². The molecule has 1 heterocycles. The van der Waals surface area contributed by atoms with Gasteiger partial charge in [0.05, 0.1) is 12.5 Å². The van der Waals surface area contributed by atoms with Crippen molar-refractivity contribution in [3.63, 3.8) is 0 Å². The molecular formula is C10H8F4O. The molecule has 0 bridgehead atoms. The lowest BCUT2D eigenvalue weighted by atomic mass is 10.1. The molecule has 82 valence electrons. The molecule has 0 N–H and O–H groups in total. The number of hydrogen-bond acceptors (Lipinski definition) is 1. The van der Waals surface area contributed by atoms with E-state index in [9.17, 15) is 17.6 Å². The average Bonchev–Trinajstić information content (AvgIpc) is 2.82. The maximum Gasteiger partial charge on any atom is 0.391 e. The molecule has 0 spiro atoms. The van der Waals surface area contributed by atoms with Crippen LogP contribution in [0.3, 0.4) is 0 Å². The van der Waals surface area contributed by atoms with Crippen LogP contribution in [-0.4, -0.2) is 12.3 Å². The molecule has 0 aliphatic carbocycles. The summed E-state index contributed by atoms with van der Waals surface area (Å²) in [5.74, 6) is -0.410. The summed E-state index contributed by atoms with van der Waals surface area (Å²) in [6.07, 6.45) is -6.50. The first kappa shape index (κ1) is 10.4. The highest BCUT2D eigenvalue weighted by Gasteiger charge is 2.47. The van der Waals surface area contributed by atoms with Crippen molar-refractivity contribution in [1.29, 1.82) is 0 Å². The van der Waals surface area contributed by atoms with Gasteiger partial charge in [0.15, 0.2) is 0 Å². The van der Waals surface area contributed by atoms with Crippen molar-refractivity contribution < 1.29 is 22.3 Å². The molecule has 1 aromatic rings. The van der Waals surface area contributed by atoms with E-state index >= 15 is 0 Å². The Morgan fingerprint density at radius 1 is 1.13 bits per heavy atom. The number of ether oxygens (including phenoxy) is 1. The van der Waals surface area contributed by atoms with Crippen LogP contribution in [0.5, 0.6) is 0 Å². The highest BCUT2D eigenvalue weighted by molar-refractivity contribution is 5.23. The lowest BCUT2D eigenvalue weighted by Crippen LogP contribution is -2.11. The fraction of sp³-hybridized carbons (Fsp3) is 0.400. The number of benzene rings is 1. The third-order valence-corrected chi connectivity index (χ3v) is 2.21. The van der Waals surface area contributed by atoms with Crippen molar-refractivity contribution in [3.05, 3.63) is 35.6 Å². The molecule has 0 unspecified atom stereocenters.